The second kappa shape index (κ2) is 15.9. The smallest absolute Gasteiger partial charge is 0.315 e. The highest BCUT2D eigenvalue weighted by Crippen LogP contribution is 2.65. The van der Waals surface area contributed by atoms with Crippen molar-refractivity contribution < 1.29 is 32.4 Å². The number of Topliss-reactive ketones (excluding diaryl/α,β-unsaturated/α-hetero) is 1. The van der Waals surface area contributed by atoms with Crippen molar-refractivity contribution in [1.29, 1.82) is 0 Å². The fraction of sp³-hybridized carbons (Fsp3) is 0.781. The second-order valence-electron chi connectivity index (χ2n) is 14.9. The Bertz CT molecular complexity index is 1290. The summed E-state index contributed by atoms with van der Waals surface area (Å²) in [6, 6.07) is -4.21. The monoisotopic (exact) mass is 683 g/mol. The lowest BCUT2D eigenvalue weighted by Crippen LogP contribution is -2.62. The first-order chi connectivity index (χ1) is 21.6. The third-order valence-corrected chi connectivity index (χ3v) is 10.8. The highest BCUT2D eigenvalue weighted by atomic mass is 32.2. The molecule has 47 heavy (non-hydrogen) atoms. The summed E-state index contributed by atoms with van der Waals surface area (Å²) in [7, 11) is -0.928. The lowest BCUT2D eigenvalue weighted by Gasteiger charge is -2.38. The van der Waals surface area contributed by atoms with E-state index in [1.54, 1.807) is 20.8 Å². The van der Waals surface area contributed by atoms with E-state index in [9.17, 15) is 32.4 Å². The Morgan fingerprint density at radius 1 is 1.06 bits per heavy atom. The molecule has 0 aromatic carbocycles. The van der Waals surface area contributed by atoms with Crippen LogP contribution in [0.25, 0.3) is 0 Å². The molecule has 1 aliphatic carbocycles. The van der Waals surface area contributed by atoms with E-state index in [-0.39, 0.29) is 42.7 Å². The minimum atomic E-state index is -3.72. The van der Waals surface area contributed by atoms with E-state index < -0.39 is 69.3 Å². The number of likely N-dealkylation sites (tertiary alicyclic amines) is 1. The molecule has 14 nitrogen and oxygen atoms in total. The van der Waals surface area contributed by atoms with Crippen molar-refractivity contribution in [3.8, 4) is 0 Å². The summed E-state index contributed by atoms with van der Waals surface area (Å²) >= 11 is 0. The molecule has 0 aromatic rings. The van der Waals surface area contributed by atoms with Gasteiger partial charge < -0.3 is 26.2 Å². The number of ketones is 1. The van der Waals surface area contributed by atoms with E-state index in [0.29, 0.717) is 13.0 Å². The zero-order valence-corrected chi connectivity index (χ0v) is 30.5. The standard InChI is InChI=1S/C32H57N7O7S/c1-12-14-15-21(25(40)28(42)33-16-13-2)35-27(41)24-23-20(32(23,8)9)18-39(24)29(43)26(31(5,6)7)37-30(44)36-22(19(3)4)17-34-47(45,46)38(10)11/h13,19-24,26,34H,2,12,14-18H2,1,3-11H3,(H,33,42)(H,35,41)(H2,36,37,44)/t20-,21?,22+,23-,24-,26+/m0/s1. The molecule has 1 heterocycles. The second-order valence-corrected chi connectivity index (χ2v) is 16.8. The molecule has 1 unspecified atom stereocenters. The number of piperidine rings is 1. The number of urea groups is 1. The van der Waals surface area contributed by atoms with Gasteiger partial charge in [-0.15, -0.1) is 6.58 Å². The minimum Gasteiger partial charge on any atom is -0.346 e. The molecule has 6 atom stereocenters. The Morgan fingerprint density at radius 2 is 1.68 bits per heavy atom. The fourth-order valence-electron chi connectivity index (χ4n) is 6.09. The number of hydrogen-bond donors (Lipinski definition) is 5. The quantitative estimate of drug-likeness (QED) is 0.112. The van der Waals surface area contributed by atoms with E-state index in [1.807, 2.05) is 34.6 Å². The summed E-state index contributed by atoms with van der Waals surface area (Å²) in [5, 5.41) is 10.9. The van der Waals surface area contributed by atoms with Crippen LogP contribution in [0.4, 0.5) is 4.79 Å². The maximum Gasteiger partial charge on any atom is 0.315 e. The number of carbonyl (C=O) groups excluding carboxylic acids is 5. The van der Waals surface area contributed by atoms with Crippen LogP contribution >= 0.6 is 0 Å². The third kappa shape index (κ3) is 9.99. The molecule has 0 radical (unpaired) electrons. The van der Waals surface area contributed by atoms with Crippen LogP contribution < -0.4 is 26.0 Å². The van der Waals surface area contributed by atoms with Gasteiger partial charge in [0.1, 0.15) is 12.1 Å². The average Bonchev–Trinajstić information content (AvgIpc) is 3.28. The van der Waals surface area contributed by atoms with Crippen molar-refractivity contribution in [2.24, 2.45) is 28.6 Å². The number of unbranched alkanes of at least 4 members (excludes halogenated alkanes) is 1. The van der Waals surface area contributed by atoms with Gasteiger partial charge in [0, 0.05) is 39.8 Å². The molecular formula is C32H57N7O7S. The van der Waals surface area contributed by atoms with Crippen LogP contribution in [-0.4, -0.2) is 105 Å². The topological polar surface area (TPSA) is 186 Å². The fourth-order valence-corrected chi connectivity index (χ4v) is 6.74. The summed E-state index contributed by atoms with van der Waals surface area (Å²) in [6.07, 6.45) is 3.08. The number of fused-ring (bicyclic) bond motifs is 1. The lowest BCUT2D eigenvalue weighted by atomic mass is 9.85. The molecule has 1 aliphatic heterocycles. The van der Waals surface area contributed by atoms with E-state index in [0.717, 1.165) is 10.7 Å². The van der Waals surface area contributed by atoms with Crippen LogP contribution in [0.1, 0.15) is 74.7 Å². The number of rotatable bonds is 17. The van der Waals surface area contributed by atoms with Crippen LogP contribution in [0, 0.1) is 28.6 Å². The number of carbonyl (C=O) groups is 5. The maximum absolute atomic E-state index is 14.3. The Labute approximate surface area is 280 Å². The zero-order chi connectivity index (χ0) is 36.1. The van der Waals surface area contributed by atoms with Gasteiger partial charge in [-0.05, 0) is 35.0 Å². The largest absolute Gasteiger partial charge is 0.346 e. The molecule has 0 spiro atoms. The van der Waals surface area contributed by atoms with Gasteiger partial charge in [-0.2, -0.15) is 12.7 Å². The molecule has 0 bridgehead atoms. The van der Waals surface area contributed by atoms with E-state index in [1.165, 1.54) is 25.1 Å². The van der Waals surface area contributed by atoms with Gasteiger partial charge in [-0.25, -0.2) is 9.52 Å². The predicted octanol–water partition coefficient (Wildman–Crippen LogP) is 1.15. The Morgan fingerprint density at radius 3 is 2.19 bits per heavy atom. The van der Waals surface area contributed by atoms with Crippen LogP contribution in [0.15, 0.2) is 12.7 Å². The zero-order valence-electron chi connectivity index (χ0n) is 29.7. The van der Waals surface area contributed by atoms with E-state index in [4.69, 9.17) is 0 Å². The Kier molecular flexibility index (Phi) is 13.6. The van der Waals surface area contributed by atoms with Crippen LogP contribution in [0.2, 0.25) is 0 Å². The van der Waals surface area contributed by atoms with Crippen molar-refractivity contribution in [1.82, 2.24) is 35.2 Å². The molecule has 2 fully saturated rings. The first-order valence-electron chi connectivity index (χ1n) is 16.4. The normalized spacial score (nSPS) is 22.1. The molecule has 2 aliphatic rings. The molecule has 1 saturated heterocycles. The number of amides is 5. The van der Waals surface area contributed by atoms with E-state index in [2.05, 4.69) is 32.6 Å². The van der Waals surface area contributed by atoms with Gasteiger partial charge >= 0.3 is 6.03 Å². The summed E-state index contributed by atoms with van der Waals surface area (Å²) < 4.78 is 28.0. The van der Waals surface area contributed by atoms with Gasteiger partial charge in [0.05, 0.1) is 6.04 Å². The molecule has 15 heteroatoms. The first-order valence-corrected chi connectivity index (χ1v) is 17.8. The molecule has 0 aromatic heterocycles. The van der Waals surface area contributed by atoms with Gasteiger partial charge in [-0.3, -0.25) is 19.2 Å². The van der Waals surface area contributed by atoms with Crippen LogP contribution in [0.3, 0.4) is 0 Å². The predicted molar refractivity (Wildman–Crippen MR) is 180 cm³/mol. The number of nitrogens with one attached hydrogen (secondary N) is 5. The Balaban J connectivity index is 2.30. The summed E-state index contributed by atoms with van der Waals surface area (Å²) in [6.45, 7) is 19.0. The molecular weight excluding hydrogens is 626 g/mol. The first kappa shape index (κ1) is 40.1. The van der Waals surface area contributed by atoms with Crippen molar-refractivity contribution in [2.45, 2.75) is 98.8 Å². The number of nitrogens with zero attached hydrogens (tertiary/aromatic N) is 2. The summed E-state index contributed by atoms with van der Waals surface area (Å²) in [4.78, 5) is 68.5. The average molecular weight is 684 g/mol. The SMILES string of the molecule is C=CCNC(=O)C(=O)C(CCCC)NC(=O)[C@@H]1[C@@H]2[C@H](CN1C(=O)[C@@H](NC(=O)N[C@H](CNS(=O)(=O)N(C)C)C(C)C)C(C)(C)C)C2(C)C. The molecule has 268 valence electrons. The van der Waals surface area contributed by atoms with Gasteiger partial charge in [0.2, 0.25) is 17.6 Å². The van der Waals surface area contributed by atoms with Gasteiger partial charge in [0.15, 0.2) is 0 Å². The van der Waals surface area contributed by atoms with E-state index >= 15 is 0 Å². The molecule has 5 N–H and O–H groups in total. The summed E-state index contributed by atoms with van der Waals surface area (Å²) in [5.41, 5.74) is -0.976. The summed E-state index contributed by atoms with van der Waals surface area (Å²) in [5.74, 6) is -2.77. The van der Waals surface area contributed by atoms with Crippen molar-refractivity contribution >= 4 is 39.7 Å². The molecule has 5 amide bonds. The molecule has 2 rings (SSSR count). The minimum absolute atomic E-state index is 0.0485. The highest BCUT2D eigenvalue weighted by molar-refractivity contribution is 7.87. The lowest BCUT2D eigenvalue weighted by molar-refractivity contribution is -0.145. The van der Waals surface area contributed by atoms with Gasteiger partial charge in [0.25, 0.3) is 16.1 Å². The highest BCUT2D eigenvalue weighted by Gasteiger charge is 2.70. The van der Waals surface area contributed by atoms with Crippen LogP contribution in [-0.2, 0) is 29.4 Å². The van der Waals surface area contributed by atoms with Crippen molar-refractivity contribution in [3.63, 3.8) is 0 Å². The molecule has 1 saturated carbocycles. The maximum atomic E-state index is 14.3. The van der Waals surface area contributed by atoms with Crippen molar-refractivity contribution in [3.05, 3.63) is 12.7 Å². The third-order valence-electron chi connectivity index (χ3n) is 9.35. The number of hydrogen-bond acceptors (Lipinski definition) is 7. The van der Waals surface area contributed by atoms with Crippen LogP contribution in [0.5, 0.6) is 0 Å². The van der Waals surface area contributed by atoms with Crippen molar-refractivity contribution in [2.75, 3.05) is 33.7 Å². The Hall–Kier alpha value is -3.04. The van der Waals surface area contributed by atoms with Gasteiger partial charge in [-0.1, -0.05) is 74.3 Å².